The molecule has 7 heteroatoms. The Hall–Kier alpha value is 0.0300. The lowest BCUT2D eigenvalue weighted by Gasteiger charge is -2.12. The van der Waals surface area contributed by atoms with Gasteiger partial charge in [-0.2, -0.15) is 0 Å². The first kappa shape index (κ1) is 27.0. The number of unbranched alkanes of at least 4 members (excludes halogenated alkanes) is 13. The van der Waals surface area contributed by atoms with Crippen molar-refractivity contribution in [3.05, 3.63) is 0 Å². The summed E-state index contributed by atoms with van der Waals surface area (Å²) in [7, 11) is -3.97. The third-order valence-electron chi connectivity index (χ3n) is 4.47. The van der Waals surface area contributed by atoms with Crippen LogP contribution < -0.4 is 0 Å². The van der Waals surface area contributed by atoms with Crippen molar-refractivity contribution in [2.75, 3.05) is 33.0 Å². The van der Waals surface area contributed by atoms with Crippen molar-refractivity contribution >= 4 is 7.82 Å². The molecule has 2 N–H and O–H groups in total. The Morgan fingerprint density at radius 3 is 1.56 bits per heavy atom. The summed E-state index contributed by atoms with van der Waals surface area (Å²) in [5.74, 6) is 0. The van der Waals surface area contributed by atoms with Gasteiger partial charge in [0.1, 0.15) is 0 Å². The number of phosphoric ester groups is 1. The molecular formula is C20H43O6P. The molecule has 0 fully saturated rings. The van der Waals surface area contributed by atoms with Gasteiger partial charge in [0.05, 0.1) is 33.0 Å². The van der Waals surface area contributed by atoms with Crippen LogP contribution in [-0.2, 0) is 18.3 Å². The summed E-state index contributed by atoms with van der Waals surface area (Å²) in [5.41, 5.74) is 0. The fraction of sp³-hybridized carbons (Fsp3) is 1.00. The zero-order valence-electron chi connectivity index (χ0n) is 17.4. The van der Waals surface area contributed by atoms with E-state index in [-0.39, 0.29) is 33.0 Å². The number of rotatable bonds is 22. The molecule has 0 spiro atoms. The van der Waals surface area contributed by atoms with Crippen LogP contribution in [0.1, 0.15) is 96.8 Å². The van der Waals surface area contributed by atoms with Crippen molar-refractivity contribution in [3.63, 3.8) is 0 Å². The van der Waals surface area contributed by atoms with Gasteiger partial charge in [-0.05, 0) is 6.42 Å². The summed E-state index contributed by atoms with van der Waals surface area (Å²) >= 11 is 0. The average molecular weight is 411 g/mol. The standard InChI is InChI=1S/C20H43O6P/c1-2-3-4-5-6-7-8-9-10-11-12-13-14-15-17-25-27(22,23)26-20-19-24-18-16-21/h21H,2-20H2,1H3,(H,22,23). The van der Waals surface area contributed by atoms with Crippen LogP contribution in [0, 0.1) is 0 Å². The minimum atomic E-state index is -3.97. The molecule has 0 heterocycles. The van der Waals surface area contributed by atoms with E-state index in [4.69, 9.17) is 18.9 Å². The third kappa shape index (κ3) is 22.2. The zero-order chi connectivity index (χ0) is 20.1. The summed E-state index contributed by atoms with van der Waals surface area (Å²) in [5, 5.41) is 8.53. The highest BCUT2D eigenvalue weighted by molar-refractivity contribution is 7.47. The Bertz CT molecular complexity index is 340. The largest absolute Gasteiger partial charge is 0.472 e. The van der Waals surface area contributed by atoms with Crippen LogP contribution in [0.5, 0.6) is 0 Å². The van der Waals surface area contributed by atoms with Gasteiger partial charge in [0.25, 0.3) is 0 Å². The number of aliphatic hydroxyl groups excluding tert-OH is 1. The molecule has 0 rings (SSSR count). The molecule has 0 aromatic carbocycles. The van der Waals surface area contributed by atoms with E-state index in [1.165, 1.54) is 70.6 Å². The summed E-state index contributed by atoms with van der Waals surface area (Å²) < 4.78 is 26.2. The molecule has 6 nitrogen and oxygen atoms in total. The molecule has 0 aromatic heterocycles. The SMILES string of the molecule is CCCCCCCCCCCCCCCCOP(=O)(O)OCCOCCO. The number of ether oxygens (including phenoxy) is 1. The summed E-state index contributed by atoms with van der Waals surface area (Å²) in [6, 6.07) is 0. The molecule has 0 radical (unpaired) electrons. The molecule has 0 bridgehead atoms. The van der Waals surface area contributed by atoms with Gasteiger partial charge >= 0.3 is 7.82 Å². The Labute approximate surface area is 166 Å². The maximum absolute atomic E-state index is 11.6. The van der Waals surface area contributed by atoms with Crippen LogP contribution in [0.15, 0.2) is 0 Å². The molecule has 0 aliphatic rings. The number of hydrogen-bond donors (Lipinski definition) is 2. The second kappa shape index (κ2) is 20.8. The minimum absolute atomic E-state index is 0.0213. The topological polar surface area (TPSA) is 85.2 Å². The number of phosphoric acid groups is 1. The van der Waals surface area contributed by atoms with E-state index in [0.717, 1.165) is 19.3 Å². The van der Waals surface area contributed by atoms with Crippen molar-refractivity contribution in [2.45, 2.75) is 96.8 Å². The molecule has 0 aliphatic carbocycles. The molecule has 1 atom stereocenters. The highest BCUT2D eigenvalue weighted by atomic mass is 31.2. The van der Waals surface area contributed by atoms with Crippen molar-refractivity contribution < 1.29 is 28.3 Å². The highest BCUT2D eigenvalue weighted by Gasteiger charge is 2.20. The molecular weight excluding hydrogens is 367 g/mol. The van der Waals surface area contributed by atoms with E-state index >= 15 is 0 Å². The first-order valence-corrected chi connectivity index (χ1v) is 12.4. The van der Waals surface area contributed by atoms with Gasteiger partial charge in [-0.3, -0.25) is 9.05 Å². The van der Waals surface area contributed by atoms with Crippen molar-refractivity contribution in [2.24, 2.45) is 0 Å². The lowest BCUT2D eigenvalue weighted by atomic mass is 10.0. The summed E-state index contributed by atoms with van der Waals surface area (Å²) in [6.07, 6.45) is 17.8. The highest BCUT2D eigenvalue weighted by Crippen LogP contribution is 2.43. The van der Waals surface area contributed by atoms with Crippen LogP contribution in [0.4, 0.5) is 0 Å². The fourth-order valence-electron chi connectivity index (χ4n) is 2.89. The molecule has 0 amide bonds. The van der Waals surface area contributed by atoms with Crippen LogP contribution in [0.3, 0.4) is 0 Å². The Morgan fingerprint density at radius 2 is 1.07 bits per heavy atom. The maximum atomic E-state index is 11.6. The van der Waals surface area contributed by atoms with Crippen LogP contribution in [0.2, 0.25) is 0 Å². The van der Waals surface area contributed by atoms with Gasteiger partial charge in [0, 0.05) is 0 Å². The van der Waals surface area contributed by atoms with Crippen LogP contribution >= 0.6 is 7.82 Å². The molecule has 164 valence electrons. The van der Waals surface area contributed by atoms with Gasteiger partial charge in [-0.25, -0.2) is 4.57 Å². The van der Waals surface area contributed by atoms with Gasteiger partial charge in [-0.15, -0.1) is 0 Å². The third-order valence-corrected chi connectivity index (χ3v) is 5.49. The predicted molar refractivity (Wildman–Crippen MR) is 110 cm³/mol. The molecule has 0 saturated heterocycles. The molecule has 0 saturated carbocycles. The van der Waals surface area contributed by atoms with E-state index in [2.05, 4.69) is 6.92 Å². The molecule has 1 unspecified atom stereocenters. The van der Waals surface area contributed by atoms with Gasteiger partial charge in [-0.1, -0.05) is 90.4 Å². The summed E-state index contributed by atoms with van der Waals surface area (Å²) in [6.45, 7) is 2.75. The lowest BCUT2D eigenvalue weighted by molar-refractivity contribution is 0.0565. The predicted octanol–water partition coefficient (Wildman–Crippen LogP) is 5.61. The number of hydrogen-bond acceptors (Lipinski definition) is 5. The summed E-state index contributed by atoms with van der Waals surface area (Å²) in [4.78, 5) is 9.48. The van der Waals surface area contributed by atoms with Crippen LogP contribution in [-0.4, -0.2) is 43.0 Å². The minimum Gasteiger partial charge on any atom is -0.394 e. The van der Waals surface area contributed by atoms with Gasteiger partial charge in [0.15, 0.2) is 0 Å². The van der Waals surface area contributed by atoms with Crippen molar-refractivity contribution in [3.8, 4) is 0 Å². The second-order valence-electron chi connectivity index (χ2n) is 7.07. The second-order valence-corrected chi connectivity index (χ2v) is 8.52. The van der Waals surface area contributed by atoms with E-state index in [1.807, 2.05) is 0 Å². The van der Waals surface area contributed by atoms with E-state index in [9.17, 15) is 9.46 Å². The normalized spacial score (nSPS) is 13.7. The molecule has 0 aliphatic heterocycles. The first-order valence-electron chi connectivity index (χ1n) is 10.9. The van der Waals surface area contributed by atoms with E-state index in [1.54, 1.807) is 0 Å². The Morgan fingerprint density at radius 1 is 0.630 bits per heavy atom. The smallest absolute Gasteiger partial charge is 0.394 e. The van der Waals surface area contributed by atoms with Crippen molar-refractivity contribution in [1.29, 1.82) is 0 Å². The molecule has 27 heavy (non-hydrogen) atoms. The van der Waals surface area contributed by atoms with E-state index in [0.29, 0.717) is 0 Å². The lowest BCUT2D eigenvalue weighted by Crippen LogP contribution is -2.07. The number of aliphatic hydroxyl groups is 1. The van der Waals surface area contributed by atoms with Gasteiger partial charge in [0.2, 0.25) is 0 Å². The average Bonchev–Trinajstić information content (AvgIpc) is 2.64. The maximum Gasteiger partial charge on any atom is 0.472 e. The van der Waals surface area contributed by atoms with Crippen molar-refractivity contribution in [1.82, 2.24) is 0 Å². The van der Waals surface area contributed by atoms with E-state index < -0.39 is 7.82 Å². The van der Waals surface area contributed by atoms with Gasteiger partial charge < -0.3 is 14.7 Å². The monoisotopic (exact) mass is 410 g/mol. The molecule has 0 aromatic rings. The first-order chi connectivity index (χ1) is 13.1. The quantitative estimate of drug-likeness (QED) is 0.178. The Balaban J connectivity index is 3.24. The Kier molecular flexibility index (Phi) is 20.8. The zero-order valence-corrected chi connectivity index (χ0v) is 18.3. The van der Waals surface area contributed by atoms with Crippen LogP contribution in [0.25, 0.3) is 0 Å². The fourth-order valence-corrected chi connectivity index (χ4v) is 3.63.